The van der Waals surface area contributed by atoms with Crippen molar-refractivity contribution >= 4 is 5.91 Å². The molecule has 0 unspecified atom stereocenters. The first kappa shape index (κ1) is 9.24. The quantitative estimate of drug-likeness (QED) is 0.730. The third-order valence-corrected chi connectivity index (χ3v) is 2.71. The molecule has 1 saturated heterocycles. The van der Waals surface area contributed by atoms with E-state index in [0.717, 1.165) is 19.5 Å². The van der Waals surface area contributed by atoms with Crippen molar-refractivity contribution in [3.05, 3.63) is 18.0 Å². The highest BCUT2D eigenvalue weighted by atomic mass is 16.2. The van der Waals surface area contributed by atoms with Gasteiger partial charge in [0.1, 0.15) is 0 Å². The van der Waals surface area contributed by atoms with Gasteiger partial charge < -0.3 is 4.90 Å². The zero-order valence-electron chi connectivity index (χ0n) is 8.58. The zero-order valence-corrected chi connectivity index (χ0v) is 8.58. The van der Waals surface area contributed by atoms with Gasteiger partial charge in [-0.1, -0.05) is 13.8 Å². The number of hydrogen-bond donors (Lipinski definition) is 1. The van der Waals surface area contributed by atoms with Crippen molar-refractivity contribution in [2.45, 2.75) is 20.3 Å². The molecule has 2 rings (SSSR count). The molecule has 1 aromatic heterocycles. The van der Waals surface area contributed by atoms with Gasteiger partial charge in [-0.05, 0) is 11.8 Å². The normalized spacial score (nSPS) is 20.0. The molecule has 76 valence electrons. The average Bonchev–Trinajstić information content (AvgIpc) is 2.72. The van der Waals surface area contributed by atoms with Crippen molar-refractivity contribution in [3.63, 3.8) is 0 Å². The highest BCUT2D eigenvalue weighted by Gasteiger charge is 2.32. The number of nitrogens with one attached hydrogen (secondary N) is 1. The van der Waals surface area contributed by atoms with Crippen LogP contribution in [0, 0.1) is 5.41 Å². The van der Waals surface area contributed by atoms with Crippen LogP contribution in [0.3, 0.4) is 0 Å². The number of likely N-dealkylation sites (tertiary alicyclic amines) is 1. The molecule has 4 nitrogen and oxygen atoms in total. The molecule has 1 N–H and O–H groups in total. The number of H-pyrrole nitrogens is 1. The van der Waals surface area contributed by atoms with E-state index in [1.165, 1.54) is 0 Å². The molecular formula is C10H15N3O. The Morgan fingerprint density at radius 1 is 1.64 bits per heavy atom. The summed E-state index contributed by atoms with van der Waals surface area (Å²) in [5.74, 6) is 0.0873. The first-order chi connectivity index (χ1) is 6.58. The second-order valence-corrected chi connectivity index (χ2v) is 4.63. The molecule has 0 aliphatic carbocycles. The number of aromatic nitrogens is 2. The lowest BCUT2D eigenvalue weighted by atomic mass is 9.93. The maximum absolute atomic E-state index is 11.9. The Kier molecular flexibility index (Phi) is 2.06. The number of amides is 1. The van der Waals surface area contributed by atoms with Crippen molar-refractivity contribution in [2.24, 2.45) is 5.41 Å². The van der Waals surface area contributed by atoms with Crippen LogP contribution >= 0.6 is 0 Å². The summed E-state index contributed by atoms with van der Waals surface area (Å²) in [6.45, 7) is 6.08. The van der Waals surface area contributed by atoms with Crippen LogP contribution in [-0.2, 0) is 0 Å². The molecule has 1 aliphatic heterocycles. The van der Waals surface area contributed by atoms with Crippen molar-refractivity contribution < 1.29 is 4.79 Å². The summed E-state index contributed by atoms with van der Waals surface area (Å²) in [5, 5.41) is 6.44. The third kappa shape index (κ3) is 1.64. The Morgan fingerprint density at radius 2 is 2.43 bits per heavy atom. The summed E-state index contributed by atoms with van der Waals surface area (Å²) in [6.07, 6.45) is 4.30. The summed E-state index contributed by atoms with van der Waals surface area (Å²) in [6, 6.07) is 0. The monoisotopic (exact) mass is 193 g/mol. The predicted molar refractivity (Wildman–Crippen MR) is 52.9 cm³/mol. The summed E-state index contributed by atoms with van der Waals surface area (Å²) >= 11 is 0. The zero-order chi connectivity index (χ0) is 10.2. The Balaban J connectivity index is 2.08. The molecule has 0 spiro atoms. The molecule has 0 atom stereocenters. The first-order valence-electron chi connectivity index (χ1n) is 4.87. The molecule has 0 saturated carbocycles. The lowest BCUT2D eigenvalue weighted by Crippen LogP contribution is -2.29. The smallest absolute Gasteiger partial charge is 0.257 e. The standard InChI is InChI=1S/C10H15N3O/c1-10(2)3-4-13(7-10)9(14)8-5-11-12-6-8/h5-6H,3-4,7H2,1-2H3,(H,11,12). The first-order valence-corrected chi connectivity index (χ1v) is 4.87. The number of aromatic amines is 1. The average molecular weight is 193 g/mol. The van der Waals surface area contributed by atoms with E-state index in [1.54, 1.807) is 12.4 Å². The maximum Gasteiger partial charge on any atom is 0.257 e. The second kappa shape index (κ2) is 3.12. The third-order valence-electron chi connectivity index (χ3n) is 2.71. The number of rotatable bonds is 1. The highest BCUT2D eigenvalue weighted by molar-refractivity contribution is 5.93. The van der Waals surface area contributed by atoms with Crippen molar-refractivity contribution in [1.29, 1.82) is 0 Å². The topological polar surface area (TPSA) is 49.0 Å². The summed E-state index contributed by atoms with van der Waals surface area (Å²) in [4.78, 5) is 13.8. The van der Waals surface area contributed by atoms with E-state index in [9.17, 15) is 4.79 Å². The second-order valence-electron chi connectivity index (χ2n) is 4.63. The van der Waals surface area contributed by atoms with Gasteiger partial charge in [0, 0.05) is 19.3 Å². The van der Waals surface area contributed by atoms with E-state index < -0.39 is 0 Å². The minimum Gasteiger partial charge on any atom is -0.338 e. The van der Waals surface area contributed by atoms with Crippen LogP contribution in [0.4, 0.5) is 0 Å². The lowest BCUT2D eigenvalue weighted by Gasteiger charge is -2.19. The molecule has 0 aromatic carbocycles. The SMILES string of the molecule is CC1(C)CCN(C(=O)c2cn[nH]c2)C1. The Morgan fingerprint density at radius 3 is 2.93 bits per heavy atom. The molecule has 0 radical (unpaired) electrons. The van der Waals surface area contributed by atoms with Gasteiger partial charge in [-0.15, -0.1) is 0 Å². The van der Waals surface area contributed by atoms with Crippen molar-refractivity contribution in [2.75, 3.05) is 13.1 Å². The number of hydrogen-bond acceptors (Lipinski definition) is 2. The van der Waals surface area contributed by atoms with Gasteiger partial charge in [0.05, 0.1) is 11.8 Å². The van der Waals surface area contributed by atoms with E-state index in [0.29, 0.717) is 5.56 Å². The van der Waals surface area contributed by atoms with Crippen molar-refractivity contribution in [3.8, 4) is 0 Å². The maximum atomic E-state index is 11.9. The van der Waals surface area contributed by atoms with E-state index in [2.05, 4.69) is 24.0 Å². The summed E-state index contributed by atoms with van der Waals surface area (Å²) in [7, 11) is 0. The van der Waals surface area contributed by atoms with Crippen LogP contribution < -0.4 is 0 Å². The number of nitrogens with zero attached hydrogens (tertiary/aromatic N) is 2. The highest BCUT2D eigenvalue weighted by Crippen LogP contribution is 2.29. The van der Waals surface area contributed by atoms with E-state index >= 15 is 0 Å². The van der Waals surface area contributed by atoms with Gasteiger partial charge in [-0.2, -0.15) is 5.10 Å². The molecule has 0 bridgehead atoms. The fraction of sp³-hybridized carbons (Fsp3) is 0.600. The van der Waals surface area contributed by atoms with E-state index in [4.69, 9.17) is 0 Å². The predicted octanol–water partition coefficient (Wildman–Crippen LogP) is 1.28. The van der Waals surface area contributed by atoms with Crippen LogP contribution in [0.1, 0.15) is 30.6 Å². The van der Waals surface area contributed by atoms with Gasteiger partial charge in [-0.3, -0.25) is 9.89 Å². The molecule has 14 heavy (non-hydrogen) atoms. The molecule has 1 aromatic rings. The summed E-state index contributed by atoms with van der Waals surface area (Å²) < 4.78 is 0. The van der Waals surface area contributed by atoms with Gasteiger partial charge in [0.25, 0.3) is 5.91 Å². The number of carbonyl (C=O) groups excluding carboxylic acids is 1. The molecule has 4 heteroatoms. The minimum absolute atomic E-state index is 0.0873. The van der Waals surface area contributed by atoms with Gasteiger partial charge in [0.2, 0.25) is 0 Å². The Hall–Kier alpha value is -1.32. The van der Waals surface area contributed by atoms with Crippen molar-refractivity contribution in [1.82, 2.24) is 15.1 Å². The van der Waals surface area contributed by atoms with Crippen LogP contribution in [0.5, 0.6) is 0 Å². The van der Waals surface area contributed by atoms with Gasteiger partial charge in [-0.25, -0.2) is 0 Å². The van der Waals surface area contributed by atoms with Gasteiger partial charge in [0.15, 0.2) is 0 Å². The molecule has 1 aliphatic rings. The summed E-state index contributed by atoms with van der Waals surface area (Å²) in [5.41, 5.74) is 0.919. The van der Waals surface area contributed by atoms with E-state index in [1.807, 2.05) is 4.90 Å². The van der Waals surface area contributed by atoms with Crippen LogP contribution in [0.25, 0.3) is 0 Å². The Labute approximate surface area is 83.3 Å². The lowest BCUT2D eigenvalue weighted by molar-refractivity contribution is 0.0778. The van der Waals surface area contributed by atoms with Crippen LogP contribution in [-0.4, -0.2) is 34.1 Å². The molecule has 1 amide bonds. The Bertz CT molecular complexity index is 329. The number of carbonyl (C=O) groups is 1. The molecule has 2 heterocycles. The van der Waals surface area contributed by atoms with Gasteiger partial charge >= 0.3 is 0 Å². The van der Waals surface area contributed by atoms with E-state index in [-0.39, 0.29) is 11.3 Å². The largest absolute Gasteiger partial charge is 0.338 e. The minimum atomic E-state index is 0.0873. The van der Waals surface area contributed by atoms with Crippen LogP contribution in [0.2, 0.25) is 0 Å². The fourth-order valence-corrected chi connectivity index (χ4v) is 1.84. The molecular weight excluding hydrogens is 178 g/mol. The fourth-order valence-electron chi connectivity index (χ4n) is 1.84. The molecule has 1 fully saturated rings. The van der Waals surface area contributed by atoms with Crippen LogP contribution in [0.15, 0.2) is 12.4 Å².